The monoisotopic (exact) mass is 273 g/mol. The van der Waals surface area contributed by atoms with Crippen molar-refractivity contribution >= 4 is 33.4 Å². The topological polar surface area (TPSA) is 54.5 Å². The van der Waals surface area contributed by atoms with Crippen LogP contribution in [0.1, 0.15) is 10.4 Å². The summed E-state index contributed by atoms with van der Waals surface area (Å²) in [5, 5.41) is 0.394. The van der Waals surface area contributed by atoms with Crippen LogP contribution in [0.2, 0.25) is 5.02 Å². The normalized spacial score (nSPS) is 19.0. The highest BCUT2D eigenvalue weighted by Gasteiger charge is 2.23. The van der Waals surface area contributed by atoms with Crippen LogP contribution < -0.4 is 4.90 Å². The maximum absolute atomic E-state index is 11.3. The van der Waals surface area contributed by atoms with Crippen LogP contribution in [0.3, 0.4) is 0 Å². The minimum absolute atomic E-state index is 0.123. The van der Waals surface area contributed by atoms with E-state index in [2.05, 4.69) is 0 Å². The van der Waals surface area contributed by atoms with Crippen molar-refractivity contribution in [2.24, 2.45) is 0 Å². The Balaban J connectivity index is 2.30. The van der Waals surface area contributed by atoms with Crippen molar-refractivity contribution in [3.8, 4) is 0 Å². The number of sulfone groups is 1. The number of halogens is 1. The molecule has 1 aliphatic heterocycles. The third-order valence-corrected chi connectivity index (χ3v) is 4.77. The van der Waals surface area contributed by atoms with Gasteiger partial charge in [-0.3, -0.25) is 4.79 Å². The molecule has 6 heteroatoms. The maximum Gasteiger partial charge on any atom is 0.153 e. The predicted octanol–water partition coefficient (Wildman–Crippen LogP) is 1.39. The first-order chi connectivity index (χ1) is 8.03. The van der Waals surface area contributed by atoms with Gasteiger partial charge in [0, 0.05) is 18.8 Å². The van der Waals surface area contributed by atoms with Crippen LogP contribution in [0.15, 0.2) is 18.2 Å². The Kier molecular flexibility index (Phi) is 3.40. The SMILES string of the molecule is O=Cc1c(Cl)cccc1N1CCS(=O)(=O)CC1. The first kappa shape index (κ1) is 12.4. The number of rotatable bonds is 2. The number of carbonyl (C=O) groups is 1. The smallest absolute Gasteiger partial charge is 0.153 e. The summed E-state index contributed by atoms with van der Waals surface area (Å²) >= 11 is 5.93. The van der Waals surface area contributed by atoms with Gasteiger partial charge in [-0.2, -0.15) is 0 Å². The van der Waals surface area contributed by atoms with E-state index in [9.17, 15) is 13.2 Å². The Hall–Kier alpha value is -1.07. The van der Waals surface area contributed by atoms with Crippen molar-refractivity contribution in [1.29, 1.82) is 0 Å². The van der Waals surface area contributed by atoms with Crippen LogP contribution in [0.4, 0.5) is 5.69 Å². The van der Waals surface area contributed by atoms with Crippen LogP contribution in [0, 0.1) is 0 Å². The van der Waals surface area contributed by atoms with Gasteiger partial charge >= 0.3 is 0 Å². The number of anilines is 1. The van der Waals surface area contributed by atoms with E-state index in [1.165, 1.54) is 0 Å². The molecule has 0 radical (unpaired) electrons. The molecule has 1 aliphatic rings. The molecule has 0 aliphatic carbocycles. The Bertz CT molecular complexity index is 528. The van der Waals surface area contributed by atoms with Gasteiger partial charge in [-0.15, -0.1) is 0 Å². The van der Waals surface area contributed by atoms with Gasteiger partial charge in [0.05, 0.1) is 22.1 Å². The van der Waals surface area contributed by atoms with Gasteiger partial charge in [-0.25, -0.2) is 8.42 Å². The summed E-state index contributed by atoms with van der Waals surface area (Å²) in [6.45, 7) is 0.813. The third-order valence-electron chi connectivity index (χ3n) is 2.83. The van der Waals surface area contributed by atoms with E-state index in [-0.39, 0.29) is 11.5 Å². The average Bonchev–Trinajstić information content (AvgIpc) is 2.29. The molecule has 4 nitrogen and oxygen atoms in total. The van der Waals surface area contributed by atoms with E-state index in [0.717, 1.165) is 0 Å². The summed E-state index contributed by atoms with van der Waals surface area (Å²) in [7, 11) is -2.92. The van der Waals surface area contributed by atoms with Crippen molar-refractivity contribution in [3.63, 3.8) is 0 Å². The fraction of sp³-hybridized carbons (Fsp3) is 0.364. The lowest BCUT2D eigenvalue weighted by Crippen LogP contribution is -2.40. The van der Waals surface area contributed by atoms with E-state index < -0.39 is 9.84 Å². The zero-order valence-corrected chi connectivity index (χ0v) is 10.7. The highest BCUT2D eigenvalue weighted by molar-refractivity contribution is 7.91. The second-order valence-corrected chi connectivity index (χ2v) is 6.64. The van der Waals surface area contributed by atoms with E-state index in [1.807, 2.05) is 4.90 Å². The number of benzene rings is 1. The summed E-state index contributed by atoms with van der Waals surface area (Å²) in [5.41, 5.74) is 1.14. The summed E-state index contributed by atoms with van der Waals surface area (Å²) in [4.78, 5) is 12.9. The molecule has 1 saturated heterocycles. The lowest BCUT2D eigenvalue weighted by atomic mass is 10.1. The molecule has 0 amide bonds. The Morgan fingerprint density at radius 3 is 2.47 bits per heavy atom. The molecule has 0 unspecified atom stereocenters. The molecule has 0 atom stereocenters. The van der Waals surface area contributed by atoms with Crippen molar-refractivity contribution in [3.05, 3.63) is 28.8 Å². The molecule has 1 aromatic rings. The van der Waals surface area contributed by atoms with Gasteiger partial charge in [-0.05, 0) is 12.1 Å². The fourth-order valence-electron chi connectivity index (χ4n) is 1.87. The first-order valence-electron chi connectivity index (χ1n) is 5.22. The summed E-state index contributed by atoms with van der Waals surface area (Å²) in [5.74, 6) is 0.246. The Morgan fingerprint density at radius 1 is 1.24 bits per heavy atom. The van der Waals surface area contributed by atoms with Crippen LogP contribution in [-0.4, -0.2) is 39.3 Å². The number of hydrogen-bond acceptors (Lipinski definition) is 4. The Labute approximate surface area is 105 Å². The fourth-order valence-corrected chi connectivity index (χ4v) is 3.29. The van der Waals surface area contributed by atoms with Gasteiger partial charge in [0.1, 0.15) is 0 Å². The summed E-state index contributed by atoms with van der Waals surface area (Å²) in [6.07, 6.45) is 0.709. The van der Waals surface area contributed by atoms with Crippen LogP contribution in [0.5, 0.6) is 0 Å². The molecule has 0 bridgehead atoms. The molecule has 0 saturated carbocycles. The van der Waals surface area contributed by atoms with Crippen LogP contribution in [-0.2, 0) is 9.84 Å². The highest BCUT2D eigenvalue weighted by Crippen LogP contribution is 2.26. The predicted molar refractivity (Wildman–Crippen MR) is 67.7 cm³/mol. The lowest BCUT2D eigenvalue weighted by molar-refractivity contribution is 0.112. The van der Waals surface area contributed by atoms with Crippen molar-refractivity contribution < 1.29 is 13.2 Å². The van der Waals surface area contributed by atoms with Gasteiger partial charge in [0.15, 0.2) is 16.1 Å². The number of carbonyl (C=O) groups excluding carboxylic acids is 1. The molecular weight excluding hydrogens is 262 g/mol. The van der Waals surface area contributed by atoms with Crippen LogP contribution in [0.25, 0.3) is 0 Å². The standard InChI is InChI=1S/C11H12ClNO3S/c12-10-2-1-3-11(9(10)8-14)13-4-6-17(15,16)7-5-13/h1-3,8H,4-7H2. The quantitative estimate of drug-likeness (QED) is 0.764. The molecule has 92 valence electrons. The van der Waals surface area contributed by atoms with Gasteiger partial charge < -0.3 is 4.90 Å². The van der Waals surface area contributed by atoms with Gasteiger partial charge in [-0.1, -0.05) is 17.7 Å². The van der Waals surface area contributed by atoms with Crippen molar-refractivity contribution in [2.75, 3.05) is 29.5 Å². The minimum Gasteiger partial charge on any atom is -0.369 e. The highest BCUT2D eigenvalue weighted by atomic mass is 35.5. The molecule has 1 fully saturated rings. The molecule has 1 heterocycles. The number of hydrogen-bond donors (Lipinski definition) is 0. The second-order valence-electron chi connectivity index (χ2n) is 3.93. The average molecular weight is 274 g/mol. The molecule has 0 spiro atoms. The zero-order valence-electron chi connectivity index (χ0n) is 9.10. The van der Waals surface area contributed by atoms with Crippen LogP contribution >= 0.6 is 11.6 Å². The summed E-state index contributed by atoms with van der Waals surface area (Å²) in [6, 6.07) is 5.19. The van der Waals surface area contributed by atoms with Crippen molar-refractivity contribution in [2.45, 2.75) is 0 Å². The van der Waals surface area contributed by atoms with E-state index >= 15 is 0 Å². The lowest BCUT2D eigenvalue weighted by Gasteiger charge is -2.29. The third kappa shape index (κ3) is 2.61. The second kappa shape index (κ2) is 4.66. The molecule has 0 N–H and O–H groups in total. The van der Waals surface area contributed by atoms with E-state index in [4.69, 9.17) is 11.6 Å². The Morgan fingerprint density at radius 2 is 1.88 bits per heavy atom. The van der Waals surface area contributed by atoms with Crippen molar-refractivity contribution in [1.82, 2.24) is 0 Å². The molecular formula is C11H12ClNO3S. The number of aldehydes is 1. The van der Waals surface area contributed by atoms with E-state index in [0.29, 0.717) is 35.6 Å². The van der Waals surface area contributed by atoms with E-state index in [1.54, 1.807) is 18.2 Å². The molecule has 2 rings (SSSR count). The van der Waals surface area contributed by atoms with Gasteiger partial charge in [0.2, 0.25) is 0 Å². The molecule has 1 aromatic carbocycles. The number of nitrogens with zero attached hydrogens (tertiary/aromatic N) is 1. The molecule has 0 aromatic heterocycles. The largest absolute Gasteiger partial charge is 0.369 e. The zero-order chi connectivity index (χ0) is 12.5. The molecule has 17 heavy (non-hydrogen) atoms. The maximum atomic E-state index is 11.3. The minimum atomic E-state index is -2.92. The first-order valence-corrected chi connectivity index (χ1v) is 7.42. The van der Waals surface area contributed by atoms with Gasteiger partial charge in [0.25, 0.3) is 0 Å². The summed E-state index contributed by atoms with van der Waals surface area (Å²) < 4.78 is 22.7.